The lowest BCUT2D eigenvalue weighted by atomic mass is 9.90. The van der Waals surface area contributed by atoms with Crippen LogP contribution in [0.25, 0.3) is 11.1 Å². The molecule has 2 fully saturated rings. The van der Waals surface area contributed by atoms with Crippen LogP contribution in [0, 0.1) is 25.0 Å². The fourth-order valence-corrected chi connectivity index (χ4v) is 4.84. The molecule has 0 amide bonds. The van der Waals surface area contributed by atoms with Crippen molar-refractivity contribution in [1.29, 1.82) is 0 Å². The van der Waals surface area contributed by atoms with E-state index in [1.54, 1.807) is 0 Å². The van der Waals surface area contributed by atoms with Crippen molar-refractivity contribution in [2.75, 3.05) is 13.2 Å². The van der Waals surface area contributed by atoms with Gasteiger partial charge in [0.15, 0.2) is 5.78 Å². The van der Waals surface area contributed by atoms with Crippen molar-refractivity contribution in [3.8, 4) is 11.1 Å². The lowest BCUT2D eigenvalue weighted by molar-refractivity contribution is -0.137. The average molecular weight is 432 g/mol. The van der Waals surface area contributed by atoms with Crippen molar-refractivity contribution >= 4 is 5.78 Å². The largest absolute Gasteiger partial charge is 0.784 e. The predicted molar refractivity (Wildman–Crippen MR) is 111 cm³/mol. The Morgan fingerprint density at radius 2 is 1.74 bits per heavy atom. The number of hydroxylamine groups is 2. The molecule has 3 atom stereocenters. The van der Waals surface area contributed by atoms with Crippen LogP contribution in [0.4, 0.5) is 13.2 Å². The maximum absolute atomic E-state index is 13.0. The van der Waals surface area contributed by atoms with Crippen LogP contribution in [0.2, 0.25) is 0 Å². The fraction of sp³-hybridized carbons (Fsp3) is 0.458. The number of nitrogens with zero attached hydrogens (tertiary/aromatic N) is 1. The zero-order valence-corrected chi connectivity index (χ0v) is 17.5. The third-order valence-electron chi connectivity index (χ3n) is 6.40. The Labute approximate surface area is 179 Å². The second-order valence-corrected chi connectivity index (χ2v) is 8.65. The smallest absolute Gasteiger partial charge is 0.416 e. The van der Waals surface area contributed by atoms with Gasteiger partial charge in [0.1, 0.15) is 0 Å². The molecule has 0 spiro atoms. The third kappa shape index (κ3) is 4.40. The molecular weight excluding hydrogens is 407 g/mol. The monoisotopic (exact) mass is 432 g/mol. The van der Waals surface area contributed by atoms with Gasteiger partial charge < -0.3 is 15.0 Å². The van der Waals surface area contributed by atoms with Crippen molar-refractivity contribution in [2.24, 2.45) is 5.92 Å². The van der Waals surface area contributed by atoms with Crippen LogP contribution >= 0.6 is 0 Å². The lowest BCUT2D eigenvalue weighted by Gasteiger charge is -2.37. The number of hydrogen-bond acceptors (Lipinski definition) is 4. The summed E-state index contributed by atoms with van der Waals surface area (Å²) in [6.07, 6.45) is -2.56. The molecule has 31 heavy (non-hydrogen) atoms. The average Bonchev–Trinajstić information content (AvgIpc) is 3.30. The maximum atomic E-state index is 13.0. The SMILES string of the molecule is Cc1cc(-c2ccc(C(F)(F)F)cc2)cc(C)c1C1C(=O)CC(CC2CCOC2)N1[O-]. The van der Waals surface area contributed by atoms with Gasteiger partial charge in [-0.25, -0.2) is 0 Å². The molecular formula is C24H25F3NO3-. The first-order valence-corrected chi connectivity index (χ1v) is 10.5. The molecule has 0 N–H and O–H groups in total. The Morgan fingerprint density at radius 3 is 2.29 bits per heavy atom. The van der Waals surface area contributed by atoms with E-state index in [9.17, 15) is 23.2 Å². The van der Waals surface area contributed by atoms with Gasteiger partial charge in [0.2, 0.25) is 0 Å². The number of halogens is 3. The summed E-state index contributed by atoms with van der Waals surface area (Å²) in [5, 5.41) is 14.0. The molecule has 0 radical (unpaired) electrons. The van der Waals surface area contributed by atoms with Gasteiger partial charge in [-0.05, 0) is 72.6 Å². The van der Waals surface area contributed by atoms with E-state index < -0.39 is 17.8 Å². The molecule has 4 nitrogen and oxygen atoms in total. The van der Waals surface area contributed by atoms with Crippen LogP contribution in [-0.4, -0.2) is 30.1 Å². The Balaban J connectivity index is 1.59. The number of carbonyl (C=O) groups is 1. The molecule has 0 bridgehead atoms. The lowest BCUT2D eigenvalue weighted by Crippen LogP contribution is -2.29. The second-order valence-electron chi connectivity index (χ2n) is 8.65. The van der Waals surface area contributed by atoms with Crippen LogP contribution in [0.3, 0.4) is 0 Å². The van der Waals surface area contributed by atoms with E-state index in [2.05, 4.69) is 0 Å². The molecule has 2 aromatic rings. The van der Waals surface area contributed by atoms with E-state index in [0.717, 1.165) is 40.3 Å². The van der Waals surface area contributed by atoms with Crippen molar-refractivity contribution in [3.63, 3.8) is 0 Å². The van der Waals surface area contributed by atoms with E-state index in [1.807, 2.05) is 26.0 Å². The van der Waals surface area contributed by atoms with Crippen LogP contribution < -0.4 is 0 Å². The molecule has 3 unspecified atom stereocenters. The molecule has 2 aliphatic rings. The van der Waals surface area contributed by atoms with E-state index in [1.165, 1.54) is 12.1 Å². The second kappa shape index (κ2) is 8.37. The number of rotatable bonds is 4. The van der Waals surface area contributed by atoms with Crippen LogP contribution in [0.5, 0.6) is 0 Å². The molecule has 2 heterocycles. The zero-order chi connectivity index (χ0) is 22.3. The molecule has 0 aromatic heterocycles. The number of hydrogen-bond donors (Lipinski definition) is 0. The Bertz CT molecular complexity index is 942. The minimum atomic E-state index is -4.38. The minimum absolute atomic E-state index is 0.0765. The molecule has 4 rings (SSSR count). The van der Waals surface area contributed by atoms with Gasteiger partial charge in [0.25, 0.3) is 0 Å². The van der Waals surface area contributed by atoms with Crippen LogP contribution in [0.1, 0.15) is 47.6 Å². The van der Waals surface area contributed by atoms with Crippen molar-refractivity contribution < 1.29 is 22.7 Å². The first kappa shape index (κ1) is 22.0. The van der Waals surface area contributed by atoms with Crippen molar-refractivity contribution in [3.05, 3.63) is 63.9 Å². The predicted octanol–water partition coefficient (Wildman–Crippen LogP) is 5.60. The van der Waals surface area contributed by atoms with E-state index in [-0.39, 0.29) is 18.2 Å². The number of ketones is 1. The number of ether oxygens (including phenoxy) is 1. The summed E-state index contributed by atoms with van der Waals surface area (Å²) in [7, 11) is 0. The highest BCUT2D eigenvalue weighted by atomic mass is 19.4. The summed E-state index contributed by atoms with van der Waals surface area (Å²) < 4.78 is 43.9. The van der Waals surface area contributed by atoms with Crippen LogP contribution in [-0.2, 0) is 15.7 Å². The Morgan fingerprint density at radius 1 is 1.10 bits per heavy atom. The highest BCUT2D eigenvalue weighted by Crippen LogP contribution is 2.40. The molecule has 2 saturated heterocycles. The van der Waals surface area contributed by atoms with Gasteiger partial charge >= 0.3 is 6.18 Å². The highest BCUT2D eigenvalue weighted by molar-refractivity contribution is 5.89. The summed E-state index contributed by atoms with van der Waals surface area (Å²) in [5.41, 5.74) is 3.01. The fourth-order valence-electron chi connectivity index (χ4n) is 4.84. The summed E-state index contributed by atoms with van der Waals surface area (Å²) >= 11 is 0. The number of Topliss-reactive ketones (excluding diaryl/α,β-unsaturated/α-hetero) is 1. The highest BCUT2D eigenvalue weighted by Gasteiger charge is 2.38. The Kier molecular flexibility index (Phi) is 5.94. The number of aryl methyl sites for hydroxylation is 2. The van der Waals surface area contributed by atoms with Gasteiger partial charge in [-0.1, -0.05) is 24.3 Å². The maximum Gasteiger partial charge on any atom is 0.416 e. The summed E-state index contributed by atoms with van der Waals surface area (Å²) in [5.74, 6) is 0.240. The number of benzene rings is 2. The summed E-state index contributed by atoms with van der Waals surface area (Å²) in [6.45, 7) is 5.03. The molecule has 0 aliphatic carbocycles. The van der Waals surface area contributed by atoms with Gasteiger partial charge in [-0.2, -0.15) is 13.2 Å². The van der Waals surface area contributed by atoms with Crippen molar-refractivity contribution in [1.82, 2.24) is 5.06 Å². The normalized spacial score (nSPS) is 24.8. The van der Waals surface area contributed by atoms with Gasteiger partial charge in [-0.15, -0.1) is 0 Å². The minimum Gasteiger partial charge on any atom is -0.784 e. The topological polar surface area (TPSA) is 52.6 Å². The molecule has 166 valence electrons. The summed E-state index contributed by atoms with van der Waals surface area (Å²) in [6, 6.07) is 7.52. The van der Waals surface area contributed by atoms with Crippen molar-refractivity contribution in [2.45, 2.75) is 51.4 Å². The Hall–Kier alpha value is -2.22. The van der Waals surface area contributed by atoms with Gasteiger partial charge in [0.05, 0.1) is 11.6 Å². The zero-order valence-electron chi connectivity index (χ0n) is 17.5. The van der Waals surface area contributed by atoms with Gasteiger partial charge in [0, 0.05) is 25.7 Å². The standard InChI is InChI=1S/C24H25F3NO3/c1-14-9-18(17-3-5-19(6-4-17)24(25,26)27)10-15(2)22(14)23-21(29)12-20(28(23)30)11-16-7-8-31-13-16/h3-6,9-10,16,20,23H,7-8,11-13H2,1-2H3/q-1. The first-order valence-electron chi connectivity index (χ1n) is 10.5. The molecule has 7 heteroatoms. The molecule has 2 aromatic carbocycles. The number of alkyl halides is 3. The quantitative estimate of drug-likeness (QED) is 0.631. The molecule has 0 saturated carbocycles. The molecule has 2 aliphatic heterocycles. The number of carbonyl (C=O) groups excluding carboxylic acids is 1. The van der Waals surface area contributed by atoms with E-state index >= 15 is 0 Å². The van der Waals surface area contributed by atoms with Crippen LogP contribution in [0.15, 0.2) is 36.4 Å². The summed E-state index contributed by atoms with van der Waals surface area (Å²) in [4.78, 5) is 12.8. The van der Waals surface area contributed by atoms with E-state index in [0.29, 0.717) is 36.7 Å². The first-order chi connectivity index (χ1) is 14.6. The van der Waals surface area contributed by atoms with E-state index in [4.69, 9.17) is 4.74 Å². The van der Waals surface area contributed by atoms with Gasteiger partial charge in [-0.3, -0.25) is 4.79 Å². The third-order valence-corrected chi connectivity index (χ3v) is 6.40.